The van der Waals surface area contributed by atoms with E-state index in [4.69, 9.17) is 0 Å². The molecule has 0 spiro atoms. The van der Waals surface area contributed by atoms with Gasteiger partial charge in [-0.15, -0.1) is 0 Å². The van der Waals surface area contributed by atoms with Crippen LogP contribution in [0.25, 0.3) is 10.9 Å². The van der Waals surface area contributed by atoms with Crippen LogP contribution in [0.3, 0.4) is 0 Å². The standard InChI is InChI=1S/C19H19F3N4O2/c20-19(21,22)16-10-15(13-3-1-2-4-14(13)24-16)25-5-7-26(8-6-25)18(28)12-9-17(27)23-11-12/h1-4,10,12H,5-9,11H2,(H,23,27). The Morgan fingerprint density at radius 3 is 2.50 bits per heavy atom. The second kappa shape index (κ2) is 6.96. The van der Waals surface area contributed by atoms with Crippen LogP contribution >= 0.6 is 0 Å². The number of carbonyl (C=O) groups is 2. The van der Waals surface area contributed by atoms with Crippen LogP contribution in [0.2, 0.25) is 0 Å². The molecule has 1 aromatic heterocycles. The quantitative estimate of drug-likeness (QED) is 0.850. The Morgan fingerprint density at radius 1 is 1.14 bits per heavy atom. The molecule has 2 aliphatic heterocycles. The van der Waals surface area contributed by atoms with Crippen molar-refractivity contribution >= 4 is 28.4 Å². The summed E-state index contributed by atoms with van der Waals surface area (Å²) in [5, 5.41) is 3.31. The Hall–Kier alpha value is -2.84. The van der Waals surface area contributed by atoms with E-state index in [1.165, 1.54) is 0 Å². The van der Waals surface area contributed by atoms with Gasteiger partial charge < -0.3 is 15.1 Å². The molecule has 1 unspecified atom stereocenters. The molecule has 2 aliphatic rings. The van der Waals surface area contributed by atoms with E-state index < -0.39 is 11.9 Å². The number of halogens is 3. The van der Waals surface area contributed by atoms with E-state index >= 15 is 0 Å². The first-order chi connectivity index (χ1) is 13.3. The van der Waals surface area contributed by atoms with Gasteiger partial charge >= 0.3 is 6.18 Å². The van der Waals surface area contributed by atoms with Crippen molar-refractivity contribution in [3.05, 3.63) is 36.0 Å². The number of para-hydroxylation sites is 1. The number of benzene rings is 1. The van der Waals surface area contributed by atoms with Gasteiger partial charge in [-0.3, -0.25) is 9.59 Å². The molecule has 0 saturated carbocycles. The number of piperazine rings is 1. The second-order valence-corrected chi connectivity index (χ2v) is 7.06. The third-order valence-corrected chi connectivity index (χ3v) is 5.24. The van der Waals surface area contributed by atoms with Gasteiger partial charge in [0.25, 0.3) is 0 Å². The number of alkyl halides is 3. The summed E-state index contributed by atoms with van der Waals surface area (Å²) in [6.45, 7) is 2.00. The summed E-state index contributed by atoms with van der Waals surface area (Å²) < 4.78 is 39.8. The molecule has 2 saturated heterocycles. The highest BCUT2D eigenvalue weighted by molar-refractivity contribution is 5.92. The van der Waals surface area contributed by atoms with E-state index in [0.717, 1.165) is 6.07 Å². The molecule has 9 heteroatoms. The number of hydrogen-bond acceptors (Lipinski definition) is 4. The van der Waals surface area contributed by atoms with Crippen LogP contribution in [-0.4, -0.2) is 54.4 Å². The normalized spacial score (nSPS) is 20.5. The van der Waals surface area contributed by atoms with Crippen molar-refractivity contribution in [3.63, 3.8) is 0 Å². The van der Waals surface area contributed by atoms with E-state index in [1.807, 2.05) is 4.90 Å². The van der Waals surface area contributed by atoms with E-state index in [0.29, 0.717) is 49.3 Å². The van der Waals surface area contributed by atoms with Gasteiger partial charge in [0.05, 0.1) is 11.4 Å². The summed E-state index contributed by atoms with van der Waals surface area (Å²) in [7, 11) is 0. The predicted octanol–water partition coefficient (Wildman–Crippen LogP) is 2.04. The SMILES string of the molecule is O=C1CC(C(=O)N2CCN(c3cc(C(F)(F)F)nc4ccccc34)CC2)CN1. The van der Waals surface area contributed by atoms with Crippen LogP contribution in [0.15, 0.2) is 30.3 Å². The van der Waals surface area contributed by atoms with Gasteiger partial charge in [-0.25, -0.2) is 4.98 Å². The third-order valence-electron chi connectivity index (χ3n) is 5.24. The first-order valence-corrected chi connectivity index (χ1v) is 9.10. The maximum atomic E-state index is 13.3. The molecule has 28 heavy (non-hydrogen) atoms. The number of rotatable bonds is 2. The van der Waals surface area contributed by atoms with Crippen LogP contribution in [-0.2, 0) is 15.8 Å². The minimum atomic E-state index is -4.53. The average molecular weight is 392 g/mol. The maximum Gasteiger partial charge on any atom is 0.433 e. The van der Waals surface area contributed by atoms with Crippen molar-refractivity contribution in [2.45, 2.75) is 12.6 Å². The molecule has 6 nitrogen and oxygen atoms in total. The Kier molecular flexibility index (Phi) is 4.60. The molecule has 0 radical (unpaired) electrons. The summed E-state index contributed by atoms with van der Waals surface area (Å²) in [6.07, 6.45) is -4.33. The molecule has 0 aliphatic carbocycles. The monoisotopic (exact) mass is 392 g/mol. The number of pyridine rings is 1. The summed E-state index contributed by atoms with van der Waals surface area (Å²) in [6, 6.07) is 7.83. The van der Waals surface area contributed by atoms with Gasteiger partial charge in [-0.2, -0.15) is 13.2 Å². The van der Waals surface area contributed by atoms with Crippen molar-refractivity contribution in [1.82, 2.24) is 15.2 Å². The summed E-state index contributed by atoms with van der Waals surface area (Å²) in [4.78, 5) is 31.2. The molecule has 1 aromatic carbocycles. The van der Waals surface area contributed by atoms with Gasteiger partial charge in [0.1, 0.15) is 5.69 Å². The van der Waals surface area contributed by atoms with Crippen molar-refractivity contribution in [2.75, 3.05) is 37.6 Å². The lowest BCUT2D eigenvalue weighted by Crippen LogP contribution is -2.50. The number of anilines is 1. The molecule has 2 amide bonds. The van der Waals surface area contributed by atoms with Crippen molar-refractivity contribution in [3.8, 4) is 0 Å². The summed E-state index contributed by atoms with van der Waals surface area (Å²) in [5.41, 5.74) is -0.153. The number of fused-ring (bicyclic) bond motifs is 1. The lowest BCUT2D eigenvalue weighted by atomic mass is 10.1. The van der Waals surface area contributed by atoms with Gasteiger partial charge in [0.15, 0.2) is 0 Å². The predicted molar refractivity (Wildman–Crippen MR) is 96.7 cm³/mol. The van der Waals surface area contributed by atoms with Gasteiger partial charge in [-0.05, 0) is 12.1 Å². The zero-order valence-corrected chi connectivity index (χ0v) is 15.0. The number of hydrogen-bond donors (Lipinski definition) is 1. The fourth-order valence-electron chi connectivity index (χ4n) is 3.77. The molecule has 4 rings (SSSR count). The Balaban J connectivity index is 1.55. The largest absolute Gasteiger partial charge is 0.433 e. The molecule has 2 fully saturated rings. The van der Waals surface area contributed by atoms with Gasteiger partial charge in [0, 0.05) is 50.2 Å². The van der Waals surface area contributed by atoms with Crippen LogP contribution in [0.1, 0.15) is 12.1 Å². The molecule has 0 bridgehead atoms. The van der Waals surface area contributed by atoms with Gasteiger partial charge in [-0.1, -0.05) is 18.2 Å². The van der Waals surface area contributed by atoms with E-state index in [-0.39, 0.29) is 24.2 Å². The van der Waals surface area contributed by atoms with Crippen LogP contribution < -0.4 is 10.2 Å². The highest BCUT2D eigenvalue weighted by Crippen LogP contribution is 2.35. The zero-order valence-electron chi connectivity index (χ0n) is 15.0. The van der Waals surface area contributed by atoms with Gasteiger partial charge in [0.2, 0.25) is 11.8 Å². The molecule has 1 atom stereocenters. The Labute approximate surface area is 159 Å². The smallest absolute Gasteiger partial charge is 0.367 e. The molecule has 2 aromatic rings. The van der Waals surface area contributed by atoms with Crippen molar-refractivity contribution < 1.29 is 22.8 Å². The van der Waals surface area contributed by atoms with Crippen molar-refractivity contribution in [2.24, 2.45) is 5.92 Å². The molecular formula is C19H19F3N4O2. The fourth-order valence-corrected chi connectivity index (χ4v) is 3.77. The number of amides is 2. The van der Waals surface area contributed by atoms with E-state index in [1.54, 1.807) is 29.2 Å². The number of nitrogens with one attached hydrogen (secondary N) is 1. The minimum absolute atomic E-state index is 0.0754. The lowest BCUT2D eigenvalue weighted by Gasteiger charge is -2.37. The topological polar surface area (TPSA) is 65.5 Å². The van der Waals surface area contributed by atoms with E-state index in [2.05, 4.69) is 10.3 Å². The second-order valence-electron chi connectivity index (χ2n) is 7.06. The summed E-state index contributed by atoms with van der Waals surface area (Å²) >= 11 is 0. The first-order valence-electron chi connectivity index (χ1n) is 9.10. The van der Waals surface area contributed by atoms with E-state index in [9.17, 15) is 22.8 Å². The zero-order chi connectivity index (χ0) is 19.9. The highest BCUT2D eigenvalue weighted by atomic mass is 19.4. The van der Waals surface area contributed by atoms with Crippen LogP contribution in [0, 0.1) is 5.92 Å². The molecule has 148 valence electrons. The fraction of sp³-hybridized carbons (Fsp3) is 0.421. The molecule has 3 heterocycles. The third kappa shape index (κ3) is 3.48. The minimum Gasteiger partial charge on any atom is -0.367 e. The van der Waals surface area contributed by atoms with Crippen molar-refractivity contribution in [1.29, 1.82) is 0 Å². The Bertz CT molecular complexity index is 923. The van der Waals surface area contributed by atoms with Crippen LogP contribution in [0.5, 0.6) is 0 Å². The highest BCUT2D eigenvalue weighted by Gasteiger charge is 2.35. The number of nitrogens with zero attached hydrogens (tertiary/aromatic N) is 3. The van der Waals surface area contributed by atoms with Crippen LogP contribution in [0.4, 0.5) is 18.9 Å². The number of carbonyl (C=O) groups excluding carboxylic acids is 2. The molecule has 1 N–H and O–H groups in total. The molecular weight excluding hydrogens is 373 g/mol. The lowest BCUT2D eigenvalue weighted by molar-refractivity contribution is -0.141. The first kappa shape index (κ1) is 18.5. The summed E-state index contributed by atoms with van der Waals surface area (Å²) in [5.74, 6) is -0.550. The maximum absolute atomic E-state index is 13.3. The average Bonchev–Trinajstić information content (AvgIpc) is 3.12. The Morgan fingerprint density at radius 2 is 1.86 bits per heavy atom. The number of aromatic nitrogens is 1.